The lowest BCUT2D eigenvalue weighted by molar-refractivity contribution is 0.268. The van der Waals surface area contributed by atoms with Crippen LogP contribution in [0.15, 0.2) is 0 Å². The minimum Gasteiger partial charge on any atom is -0.396 e. The van der Waals surface area contributed by atoms with Gasteiger partial charge < -0.3 is 5.11 Å². The van der Waals surface area contributed by atoms with Gasteiger partial charge in [0.1, 0.15) is 0 Å². The van der Waals surface area contributed by atoms with Crippen LogP contribution in [0.4, 0.5) is 0 Å². The van der Waals surface area contributed by atoms with Gasteiger partial charge in [-0.2, -0.15) is 0 Å². The fraction of sp³-hybridized carbons (Fsp3) is 1.00. The van der Waals surface area contributed by atoms with Crippen LogP contribution in [0, 0.1) is 11.8 Å². The van der Waals surface area contributed by atoms with E-state index in [2.05, 4.69) is 20.8 Å². The highest BCUT2D eigenvalue weighted by atomic mass is 16.2. The van der Waals surface area contributed by atoms with Gasteiger partial charge in [-0.05, 0) is 24.7 Å². The quantitative estimate of drug-likeness (QED) is 0.596. The van der Waals surface area contributed by atoms with E-state index in [0.29, 0.717) is 6.61 Å². The van der Waals surface area contributed by atoms with Crippen molar-refractivity contribution >= 4 is 0 Å². The highest BCUT2D eigenvalue weighted by Gasteiger charge is 2.06. The van der Waals surface area contributed by atoms with Gasteiger partial charge >= 0.3 is 0 Å². The Labute approximate surface area is 89.9 Å². The summed E-state index contributed by atoms with van der Waals surface area (Å²) in [5.74, 6) is 1.69. The molecule has 0 aliphatic rings. The first kappa shape index (κ1) is 14.0. The maximum absolute atomic E-state index is 8.71. The van der Waals surface area contributed by atoms with Crippen molar-refractivity contribution in [2.45, 2.75) is 65.7 Å². The van der Waals surface area contributed by atoms with Crippen molar-refractivity contribution in [1.82, 2.24) is 0 Å². The van der Waals surface area contributed by atoms with Crippen molar-refractivity contribution in [3.63, 3.8) is 0 Å². The Morgan fingerprint density at radius 1 is 0.857 bits per heavy atom. The molecule has 0 spiro atoms. The zero-order chi connectivity index (χ0) is 10.8. The molecular formula is C13H28O. The maximum Gasteiger partial charge on any atom is 0.0431 e. The minimum absolute atomic E-state index is 0.357. The van der Waals surface area contributed by atoms with Crippen molar-refractivity contribution in [2.75, 3.05) is 6.61 Å². The van der Waals surface area contributed by atoms with Crippen LogP contribution in [-0.2, 0) is 0 Å². The largest absolute Gasteiger partial charge is 0.396 e. The summed E-state index contributed by atoms with van der Waals surface area (Å²) in [6.07, 6.45) is 8.97. The summed E-state index contributed by atoms with van der Waals surface area (Å²) in [7, 11) is 0. The van der Waals surface area contributed by atoms with Gasteiger partial charge in [-0.25, -0.2) is 0 Å². The van der Waals surface area contributed by atoms with Gasteiger partial charge in [0.15, 0.2) is 0 Å². The first-order chi connectivity index (χ1) is 6.70. The van der Waals surface area contributed by atoms with Gasteiger partial charge in [0.25, 0.3) is 0 Å². The Balaban J connectivity index is 3.31. The van der Waals surface area contributed by atoms with E-state index in [0.717, 1.165) is 18.3 Å². The van der Waals surface area contributed by atoms with Crippen molar-refractivity contribution in [1.29, 1.82) is 0 Å². The highest BCUT2D eigenvalue weighted by molar-refractivity contribution is 4.58. The fourth-order valence-corrected chi connectivity index (χ4v) is 1.85. The number of unbranched alkanes of at least 4 members (excludes halogenated alkanes) is 1. The summed E-state index contributed by atoms with van der Waals surface area (Å²) < 4.78 is 0. The van der Waals surface area contributed by atoms with Crippen LogP contribution in [0.3, 0.4) is 0 Å². The number of aliphatic hydroxyl groups is 1. The van der Waals surface area contributed by atoms with Crippen LogP contribution in [0.2, 0.25) is 0 Å². The smallest absolute Gasteiger partial charge is 0.0431 e. The van der Waals surface area contributed by atoms with Crippen LogP contribution < -0.4 is 0 Å². The molecule has 1 nitrogen and oxygen atoms in total. The average Bonchev–Trinajstić information content (AvgIpc) is 2.20. The standard InChI is InChI=1S/C13H28O/c1-4-5-7-12(2)9-10-13(3)8-6-11-14/h12-14H,4-11H2,1-3H3. The molecule has 1 N–H and O–H groups in total. The lowest BCUT2D eigenvalue weighted by Crippen LogP contribution is -2.01. The van der Waals surface area contributed by atoms with Gasteiger partial charge in [0.2, 0.25) is 0 Å². The van der Waals surface area contributed by atoms with E-state index >= 15 is 0 Å². The first-order valence-electron chi connectivity index (χ1n) is 6.31. The second-order valence-corrected chi connectivity index (χ2v) is 4.80. The lowest BCUT2D eigenvalue weighted by atomic mass is 9.92. The average molecular weight is 200 g/mol. The molecule has 0 saturated heterocycles. The fourth-order valence-electron chi connectivity index (χ4n) is 1.85. The predicted molar refractivity (Wildman–Crippen MR) is 63.4 cm³/mol. The van der Waals surface area contributed by atoms with Gasteiger partial charge in [-0.1, -0.05) is 52.9 Å². The molecule has 14 heavy (non-hydrogen) atoms. The summed E-state index contributed by atoms with van der Waals surface area (Å²) in [6, 6.07) is 0. The molecule has 0 aromatic heterocycles. The van der Waals surface area contributed by atoms with E-state index in [9.17, 15) is 0 Å². The molecule has 0 fully saturated rings. The van der Waals surface area contributed by atoms with E-state index < -0.39 is 0 Å². The zero-order valence-electron chi connectivity index (χ0n) is 10.3. The number of hydrogen-bond acceptors (Lipinski definition) is 1. The molecule has 0 aromatic carbocycles. The molecule has 0 rings (SSSR count). The topological polar surface area (TPSA) is 20.2 Å². The molecule has 86 valence electrons. The Morgan fingerprint density at radius 2 is 1.36 bits per heavy atom. The molecule has 2 atom stereocenters. The maximum atomic E-state index is 8.71. The molecule has 0 amide bonds. The van der Waals surface area contributed by atoms with Crippen molar-refractivity contribution in [3.8, 4) is 0 Å². The molecule has 0 saturated carbocycles. The van der Waals surface area contributed by atoms with E-state index in [1.165, 1.54) is 38.5 Å². The first-order valence-corrected chi connectivity index (χ1v) is 6.31. The Kier molecular flexibility index (Phi) is 9.49. The molecule has 0 bridgehead atoms. The van der Waals surface area contributed by atoms with Gasteiger partial charge in [-0.3, -0.25) is 0 Å². The number of aliphatic hydroxyl groups excluding tert-OH is 1. The zero-order valence-corrected chi connectivity index (χ0v) is 10.3. The van der Waals surface area contributed by atoms with Crippen LogP contribution >= 0.6 is 0 Å². The van der Waals surface area contributed by atoms with E-state index in [1.54, 1.807) is 0 Å². The van der Waals surface area contributed by atoms with Gasteiger partial charge in [0, 0.05) is 6.61 Å². The van der Waals surface area contributed by atoms with Crippen LogP contribution in [0.1, 0.15) is 65.7 Å². The molecule has 0 radical (unpaired) electrons. The summed E-state index contributed by atoms with van der Waals surface area (Å²) in [5.41, 5.74) is 0. The second-order valence-electron chi connectivity index (χ2n) is 4.80. The molecule has 0 aromatic rings. The third kappa shape index (κ3) is 8.55. The van der Waals surface area contributed by atoms with Crippen LogP contribution in [0.5, 0.6) is 0 Å². The van der Waals surface area contributed by atoms with E-state index in [1.807, 2.05) is 0 Å². The van der Waals surface area contributed by atoms with Crippen LogP contribution in [-0.4, -0.2) is 11.7 Å². The summed E-state index contributed by atoms with van der Waals surface area (Å²) in [4.78, 5) is 0. The Bertz CT molecular complexity index is 97.8. The predicted octanol–water partition coefficient (Wildman–Crippen LogP) is 4.00. The molecule has 0 aliphatic heterocycles. The van der Waals surface area contributed by atoms with Crippen molar-refractivity contribution < 1.29 is 5.11 Å². The third-order valence-corrected chi connectivity index (χ3v) is 3.06. The summed E-state index contributed by atoms with van der Waals surface area (Å²) in [5, 5.41) is 8.71. The molecule has 1 heteroatoms. The van der Waals surface area contributed by atoms with Gasteiger partial charge in [-0.15, -0.1) is 0 Å². The molecule has 0 aliphatic carbocycles. The lowest BCUT2D eigenvalue weighted by Gasteiger charge is -2.14. The minimum atomic E-state index is 0.357. The van der Waals surface area contributed by atoms with E-state index in [-0.39, 0.29) is 0 Å². The van der Waals surface area contributed by atoms with E-state index in [4.69, 9.17) is 5.11 Å². The van der Waals surface area contributed by atoms with Crippen molar-refractivity contribution in [2.24, 2.45) is 11.8 Å². The number of rotatable bonds is 9. The second kappa shape index (κ2) is 9.51. The molecular weight excluding hydrogens is 172 g/mol. The summed E-state index contributed by atoms with van der Waals surface area (Å²) in [6.45, 7) is 7.29. The Hall–Kier alpha value is -0.0400. The third-order valence-electron chi connectivity index (χ3n) is 3.06. The monoisotopic (exact) mass is 200 g/mol. The number of hydrogen-bond donors (Lipinski definition) is 1. The highest BCUT2D eigenvalue weighted by Crippen LogP contribution is 2.19. The SMILES string of the molecule is CCCCC(C)CCC(C)CCCO. The van der Waals surface area contributed by atoms with Crippen molar-refractivity contribution in [3.05, 3.63) is 0 Å². The summed E-state index contributed by atoms with van der Waals surface area (Å²) >= 11 is 0. The Morgan fingerprint density at radius 3 is 1.79 bits per heavy atom. The molecule has 0 heterocycles. The van der Waals surface area contributed by atoms with Crippen LogP contribution in [0.25, 0.3) is 0 Å². The normalized spacial score (nSPS) is 15.4. The molecule has 2 unspecified atom stereocenters. The van der Waals surface area contributed by atoms with Gasteiger partial charge in [0.05, 0.1) is 0 Å².